The zero-order valence-corrected chi connectivity index (χ0v) is 30.9. The first-order chi connectivity index (χ1) is 26.3. The van der Waals surface area contributed by atoms with Gasteiger partial charge in [-0.1, -0.05) is 91.0 Å². The van der Waals surface area contributed by atoms with E-state index < -0.39 is 0 Å². The molecule has 53 heavy (non-hydrogen) atoms. The molecule has 5 heteroatoms. The zero-order chi connectivity index (χ0) is 34.9. The maximum absolute atomic E-state index is 2.48. The Labute approximate surface area is 318 Å². The van der Waals surface area contributed by atoms with Crippen molar-refractivity contribution in [1.29, 1.82) is 0 Å². The molecule has 11 rings (SSSR count). The van der Waals surface area contributed by atoms with Crippen LogP contribution in [0.1, 0.15) is 0 Å². The van der Waals surface area contributed by atoms with Gasteiger partial charge in [0.05, 0.1) is 5.69 Å². The van der Waals surface area contributed by atoms with E-state index >= 15 is 0 Å². The summed E-state index contributed by atoms with van der Waals surface area (Å²) in [6.45, 7) is 0. The lowest BCUT2D eigenvalue weighted by Crippen LogP contribution is -2.10. The molecule has 0 radical (unpaired) electrons. The largest absolute Gasteiger partial charge is 0.310 e. The number of rotatable bonds is 6. The number of fused-ring (bicyclic) bond motifs is 9. The van der Waals surface area contributed by atoms with E-state index in [1.54, 1.807) is 0 Å². The minimum absolute atomic E-state index is 1.14. The monoisotopic (exact) mass is 730 g/mol. The van der Waals surface area contributed by atoms with E-state index in [4.69, 9.17) is 0 Å². The van der Waals surface area contributed by atoms with Gasteiger partial charge in [-0.05, 0) is 91.0 Å². The molecule has 0 N–H and O–H groups in total. The fraction of sp³-hybridized carbons (Fsp3) is 0. The number of thiophene rings is 3. The second-order valence-corrected chi connectivity index (χ2v) is 16.6. The highest BCUT2D eigenvalue weighted by Gasteiger charge is 2.22. The molecule has 8 aromatic carbocycles. The van der Waals surface area contributed by atoms with Crippen molar-refractivity contribution in [3.63, 3.8) is 0 Å². The molecule has 11 aromatic rings. The Bertz CT molecular complexity index is 3100. The summed E-state index contributed by atoms with van der Waals surface area (Å²) in [6, 6.07) is 66.6. The van der Waals surface area contributed by atoms with Crippen LogP contribution in [0.2, 0.25) is 0 Å². The molecule has 0 saturated carbocycles. The van der Waals surface area contributed by atoms with E-state index in [2.05, 4.69) is 192 Å². The maximum Gasteiger partial charge on any atom is 0.0554 e. The minimum Gasteiger partial charge on any atom is -0.310 e. The van der Waals surface area contributed by atoms with Crippen LogP contribution >= 0.6 is 34.0 Å². The van der Waals surface area contributed by atoms with Crippen LogP contribution in [0.4, 0.5) is 34.1 Å². The third kappa shape index (κ3) is 5.04. The normalized spacial score (nSPS) is 11.8. The number of hydrogen-bond acceptors (Lipinski definition) is 5. The van der Waals surface area contributed by atoms with Crippen LogP contribution in [-0.2, 0) is 0 Å². The Balaban J connectivity index is 1.14. The molecule has 0 spiro atoms. The van der Waals surface area contributed by atoms with Crippen LogP contribution in [0.25, 0.3) is 60.5 Å². The fourth-order valence-corrected chi connectivity index (χ4v) is 11.2. The molecule has 0 atom stereocenters. The van der Waals surface area contributed by atoms with Crippen molar-refractivity contribution in [2.24, 2.45) is 0 Å². The topological polar surface area (TPSA) is 6.48 Å². The average molecular weight is 731 g/mol. The number of benzene rings is 8. The Kier molecular flexibility index (Phi) is 7.12. The Hall–Kier alpha value is -5.98. The molecule has 0 aliphatic rings. The van der Waals surface area contributed by atoms with Crippen molar-refractivity contribution >= 4 is 129 Å². The van der Waals surface area contributed by atoms with E-state index in [1.165, 1.54) is 66.2 Å². The molecule has 0 fully saturated rings. The van der Waals surface area contributed by atoms with E-state index in [0.717, 1.165) is 28.4 Å². The molecular formula is C48H30N2S3. The van der Waals surface area contributed by atoms with Gasteiger partial charge in [0.15, 0.2) is 0 Å². The summed E-state index contributed by atoms with van der Waals surface area (Å²) >= 11 is 5.60. The highest BCUT2D eigenvalue weighted by atomic mass is 32.1. The van der Waals surface area contributed by atoms with Gasteiger partial charge in [-0.2, -0.15) is 0 Å². The van der Waals surface area contributed by atoms with Crippen molar-refractivity contribution < 1.29 is 0 Å². The van der Waals surface area contributed by atoms with Gasteiger partial charge >= 0.3 is 0 Å². The molecule has 0 unspecified atom stereocenters. The smallest absolute Gasteiger partial charge is 0.0554 e. The van der Waals surface area contributed by atoms with Crippen molar-refractivity contribution in [1.82, 2.24) is 0 Å². The van der Waals surface area contributed by atoms with Gasteiger partial charge in [-0.15, -0.1) is 34.0 Å². The van der Waals surface area contributed by atoms with E-state index in [-0.39, 0.29) is 0 Å². The first-order valence-electron chi connectivity index (χ1n) is 17.8. The maximum atomic E-state index is 2.48. The molecular weight excluding hydrogens is 701 g/mol. The highest BCUT2D eigenvalue weighted by molar-refractivity contribution is 7.26. The Morgan fingerprint density at radius 1 is 0.264 bits per heavy atom. The van der Waals surface area contributed by atoms with Crippen LogP contribution in [-0.4, -0.2) is 0 Å². The highest BCUT2D eigenvalue weighted by Crippen LogP contribution is 2.49. The summed E-state index contributed by atoms with van der Waals surface area (Å²) in [4.78, 5) is 4.83. The SMILES string of the molecule is c1ccc(N(c2ccccc2)c2ccc3c(c2)sc2cccc(N(c4ccc5c(c4)sc4ccccc45)c4ccc5sc6ccccc6c5c4)c23)cc1. The summed E-state index contributed by atoms with van der Waals surface area (Å²) in [5.74, 6) is 0. The fourth-order valence-electron chi connectivity index (χ4n) is 7.86. The van der Waals surface area contributed by atoms with E-state index in [9.17, 15) is 0 Å². The van der Waals surface area contributed by atoms with Crippen LogP contribution in [0.3, 0.4) is 0 Å². The first kappa shape index (κ1) is 30.6. The van der Waals surface area contributed by atoms with Gasteiger partial charge < -0.3 is 9.80 Å². The molecule has 3 aromatic heterocycles. The number of nitrogens with zero attached hydrogens (tertiary/aromatic N) is 2. The second-order valence-electron chi connectivity index (χ2n) is 13.3. The summed E-state index contributed by atoms with van der Waals surface area (Å²) in [7, 11) is 0. The quantitative estimate of drug-likeness (QED) is 0.168. The number of hydrogen-bond donors (Lipinski definition) is 0. The van der Waals surface area contributed by atoms with Gasteiger partial charge in [-0.25, -0.2) is 0 Å². The van der Waals surface area contributed by atoms with Crippen LogP contribution in [0.5, 0.6) is 0 Å². The van der Waals surface area contributed by atoms with E-state index in [0.29, 0.717) is 0 Å². The van der Waals surface area contributed by atoms with Gasteiger partial charge in [0, 0.05) is 89.0 Å². The predicted octanol–water partition coefficient (Wildman–Crippen LogP) is 15.7. The molecule has 250 valence electrons. The van der Waals surface area contributed by atoms with E-state index in [1.807, 2.05) is 34.0 Å². The summed E-state index contributed by atoms with van der Waals surface area (Å²) < 4.78 is 7.78. The lowest BCUT2D eigenvalue weighted by molar-refractivity contribution is 1.29. The zero-order valence-electron chi connectivity index (χ0n) is 28.4. The van der Waals surface area contributed by atoms with Crippen molar-refractivity contribution in [2.75, 3.05) is 9.80 Å². The van der Waals surface area contributed by atoms with Gasteiger partial charge in [0.1, 0.15) is 0 Å². The van der Waals surface area contributed by atoms with Crippen LogP contribution in [0, 0.1) is 0 Å². The molecule has 0 saturated heterocycles. The van der Waals surface area contributed by atoms with Crippen molar-refractivity contribution in [2.45, 2.75) is 0 Å². The standard InChI is InChI=1S/C48H30N2S3/c1-3-12-31(13-4-1)49(32-14-5-2-6-15-32)34-23-26-39-47(29-34)53-45-21-11-18-41(48(39)45)50(33-24-27-44-40(28-33)37-17-8-10-20-43(37)51-44)35-22-25-38-36-16-7-9-19-42(36)52-46(38)30-35/h1-30H. The third-order valence-corrected chi connectivity index (χ3v) is 13.6. The number of para-hydroxylation sites is 2. The summed E-state index contributed by atoms with van der Waals surface area (Å²) in [6.07, 6.45) is 0. The van der Waals surface area contributed by atoms with Crippen molar-refractivity contribution in [3.8, 4) is 0 Å². The van der Waals surface area contributed by atoms with Crippen LogP contribution < -0.4 is 9.80 Å². The predicted molar refractivity (Wildman–Crippen MR) is 234 cm³/mol. The molecule has 0 bridgehead atoms. The van der Waals surface area contributed by atoms with Gasteiger partial charge in [0.25, 0.3) is 0 Å². The Morgan fingerprint density at radius 2 is 0.736 bits per heavy atom. The Morgan fingerprint density at radius 3 is 1.45 bits per heavy atom. The molecule has 0 aliphatic carbocycles. The molecule has 0 aliphatic heterocycles. The minimum atomic E-state index is 1.14. The molecule has 0 amide bonds. The van der Waals surface area contributed by atoms with Gasteiger partial charge in [0.2, 0.25) is 0 Å². The second kappa shape index (κ2) is 12.3. The lowest BCUT2D eigenvalue weighted by Gasteiger charge is -2.27. The summed E-state index contributed by atoms with van der Waals surface area (Å²) in [5.41, 5.74) is 6.92. The first-order valence-corrected chi connectivity index (χ1v) is 20.2. The average Bonchev–Trinajstić information content (AvgIpc) is 3.90. The van der Waals surface area contributed by atoms with Crippen LogP contribution in [0.15, 0.2) is 182 Å². The molecule has 3 heterocycles. The third-order valence-electron chi connectivity index (χ3n) is 10.2. The number of anilines is 6. The molecule has 2 nitrogen and oxygen atoms in total. The van der Waals surface area contributed by atoms with Crippen molar-refractivity contribution in [3.05, 3.63) is 182 Å². The van der Waals surface area contributed by atoms with Gasteiger partial charge in [-0.3, -0.25) is 0 Å². The lowest BCUT2D eigenvalue weighted by atomic mass is 10.1. The summed E-state index contributed by atoms with van der Waals surface area (Å²) in [5, 5.41) is 7.77.